The van der Waals surface area contributed by atoms with Gasteiger partial charge in [0.15, 0.2) is 9.84 Å². The van der Waals surface area contributed by atoms with Crippen LogP contribution in [0, 0.1) is 5.92 Å². The average Bonchev–Trinajstić information content (AvgIpc) is 3.37. The van der Waals surface area contributed by atoms with Crippen molar-refractivity contribution in [1.29, 1.82) is 0 Å². The van der Waals surface area contributed by atoms with E-state index in [-0.39, 0.29) is 11.2 Å². The fourth-order valence-electron chi connectivity index (χ4n) is 6.84. The third kappa shape index (κ3) is 4.63. The summed E-state index contributed by atoms with van der Waals surface area (Å²) in [6.45, 7) is 5.98. The van der Waals surface area contributed by atoms with Crippen LogP contribution >= 0.6 is 11.6 Å². The molecule has 6 heteroatoms. The molecule has 0 amide bonds. The van der Waals surface area contributed by atoms with Crippen LogP contribution in [0.15, 0.2) is 83.8 Å². The van der Waals surface area contributed by atoms with E-state index in [1.807, 2.05) is 24.3 Å². The van der Waals surface area contributed by atoms with Gasteiger partial charge >= 0.3 is 0 Å². The zero-order chi connectivity index (χ0) is 24.8. The van der Waals surface area contributed by atoms with Crippen LogP contribution in [0.3, 0.4) is 0 Å². The summed E-state index contributed by atoms with van der Waals surface area (Å²) in [5, 5.41) is 0.800. The second-order valence-corrected chi connectivity index (χ2v) is 13.3. The van der Waals surface area contributed by atoms with Gasteiger partial charge in [0.1, 0.15) is 0 Å². The van der Waals surface area contributed by atoms with E-state index in [1.54, 1.807) is 6.07 Å². The van der Waals surface area contributed by atoms with Gasteiger partial charge in [-0.15, -0.1) is 0 Å². The minimum atomic E-state index is -3.18. The van der Waals surface area contributed by atoms with Crippen LogP contribution in [0.2, 0.25) is 5.02 Å². The average molecular weight is 521 g/mol. The van der Waals surface area contributed by atoms with E-state index < -0.39 is 9.84 Å². The minimum absolute atomic E-state index is 0.215. The molecule has 2 atom stereocenters. The molecule has 3 aliphatic rings. The first-order chi connectivity index (χ1) is 17.4. The molecule has 3 aromatic carbocycles. The Morgan fingerprint density at radius 3 is 2.39 bits per heavy atom. The summed E-state index contributed by atoms with van der Waals surface area (Å²) in [4.78, 5) is 5.72. The highest BCUT2D eigenvalue weighted by molar-refractivity contribution is 7.91. The summed E-state index contributed by atoms with van der Waals surface area (Å²) in [7, 11) is -3.18. The van der Waals surface area contributed by atoms with Gasteiger partial charge in [0.25, 0.3) is 0 Å². The van der Waals surface area contributed by atoms with Crippen LogP contribution in [0.5, 0.6) is 0 Å². The summed E-state index contributed by atoms with van der Waals surface area (Å²) in [5.74, 6) is 1.23. The number of benzene rings is 3. The Kier molecular flexibility index (Phi) is 6.45. The quantitative estimate of drug-likeness (QED) is 0.453. The Hall–Kier alpha value is -2.18. The molecule has 188 valence electrons. The highest BCUT2D eigenvalue weighted by Crippen LogP contribution is 2.46. The Labute approximate surface area is 219 Å². The number of piperidine rings is 1. The highest BCUT2D eigenvalue weighted by atomic mass is 35.5. The lowest BCUT2D eigenvalue weighted by molar-refractivity contribution is 0.146. The van der Waals surface area contributed by atoms with Gasteiger partial charge in [-0.3, -0.25) is 4.90 Å². The molecule has 1 spiro atoms. The number of hydrogen-bond acceptors (Lipinski definition) is 4. The van der Waals surface area contributed by atoms with Gasteiger partial charge in [-0.05, 0) is 66.7 Å². The van der Waals surface area contributed by atoms with Crippen molar-refractivity contribution in [2.75, 3.05) is 38.5 Å². The molecule has 3 aliphatic heterocycles. The summed E-state index contributed by atoms with van der Waals surface area (Å²) < 4.78 is 25.7. The zero-order valence-electron chi connectivity index (χ0n) is 20.5. The van der Waals surface area contributed by atoms with E-state index >= 15 is 0 Å². The van der Waals surface area contributed by atoms with Crippen molar-refractivity contribution in [3.63, 3.8) is 0 Å². The van der Waals surface area contributed by atoms with Crippen molar-refractivity contribution in [1.82, 2.24) is 9.80 Å². The van der Waals surface area contributed by atoms with E-state index in [4.69, 9.17) is 11.6 Å². The van der Waals surface area contributed by atoms with Crippen LogP contribution < -0.4 is 0 Å². The second-order valence-electron chi connectivity index (χ2n) is 10.9. The fourth-order valence-corrected chi connectivity index (χ4v) is 9.27. The zero-order valence-corrected chi connectivity index (χ0v) is 22.1. The van der Waals surface area contributed by atoms with Crippen LogP contribution in [-0.4, -0.2) is 56.7 Å². The predicted molar refractivity (Wildman–Crippen MR) is 145 cm³/mol. The molecule has 3 aromatic rings. The number of fused-ring (bicyclic) bond motifs is 2. The first kappa shape index (κ1) is 24.2. The van der Waals surface area contributed by atoms with Crippen molar-refractivity contribution in [3.05, 3.63) is 101 Å². The summed E-state index contributed by atoms with van der Waals surface area (Å²) in [6.07, 6.45) is 1.82. The van der Waals surface area contributed by atoms with Crippen molar-refractivity contribution in [2.45, 2.75) is 35.6 Å². The molecule has 0 saturated carbocycles. The van der Waals surface area contributed by atoms with E-state index in [0.717, 1.165) is 62.7 Å². The lowest BCUT2D eigenvalue weighted by Gasteiger charge is -2.40. The van der Waals surface area contributed by atoms with E-state index in [9.17, 15) is 8.42 Å². The van der Waals surface area contributed by atoms with E-state index in [0.29, 0.717) is 16.7 Å². The summed E-state index contributed by atoms with van der Waals surface area (Å²) in [6, 6.07) is 26.8. The van der Waals surface area contributed by atoms with Crippen molar-refractivity contribution < 1.29 is 8.42 Å². The van der Waals surface area contributed by atoms with Crippen LogP contribution in [0.25, 0.3) is 0 Å². The molecule has 0 bridgehead atoms. The molecular weight excluding hydrogens is 488 g/mol. The van der Waals surface area contributed by atoms with E-state index in [2.05, 4.69) is 58.3 Å². The molecule has 0 aromatic heterocycles. The number of nitrogens with zero attached hydrogens (tertiary/aromatic N) is 2. The summed E-state index contributed by atoms with van der Waals surface area (Å²) >= 11 is 6.39. The third-order valence-electron chi connectivity index (χ3n) is 8.61. The molecule has 0 radical (unpaired) electrons. The third-order valence-corrected chi connectivity index (χ3v) is 10.8. The first-order valence-corrected chi connectivity index (χ1v) is 15.0. The van der Waals surface area contributed by atoms with Crippen molar-refractivity contribution >= 4 is 21.4 Å². The van der Waals surface area contributed by atoms with Gasteiger partial charge < -0.3 is 4.90 Å². The Morgan fingerprint density at radius 1 is 0.861 bits per heavy atom. The first-order valence-electron chi connectivity index (χ1n) is 13.0. The predicted octanol–water partition coefficient (Wildman–Crippen LogP) is 5.38. The lowest BCUT2D eigenvalue weighted by Crippen LogP contribution is -2.45. The van der Waals surface area contributed by atoms with Crippen LogP contribution in [0.1, 0.15) is 35.4 Å². The molecule has 2 fully saturated rings. The molecule has 0 N–H and O–H groups in total. The maximum Gasteiger partial charge on any atom is 0.179 e. The molecule has 3 heterocycles. The van der Waals surface area contributed by atoms with Crippen molar-refractivity contribution in [3.8, 4) is 0 Å². The second kappa shape index (κ2) is 9.60. The van der Waals surface area contributed by atoms with Gasteiger partial charge in [-0.1, -0.05) is 72.3 Å². The number of likely N-dealkylation sites (tertiary alicyclic amines) is 2. The molecule has 2 unspecified atom stereocenters. The smallest absolute Gasteiger partial charge is 0.179 e. The minimum Gasteiger partial charge on any atom is -0.303 e. The molecular formula is C30H33ClN2O2S. The van der Waals surface area contributed by atoms with Gasteiger partial charge in [0.2, 0.25) is 0 Å². The Morgan fingerprint density at radius 2 is 1.61 bits per heavy atom. The maximum atomic E-state index is 12.9. The monoisotopic (exact) mass is 520 g/mol. The molecule has 36 heavy (non-hydrogen) atoms. The summed E-state index contributed by atoms with van der Waals surface area (Å²) in [5.41, 5.74) is 3.51. The molecule has 2 saturated heterocycles. The van der Waals surface area contributed by atoms with Gasteiger partial charge in [0.05, 0.1) is 10.6 Å². The molecule has 0 aliphatic carbocycles. The highest BCUT2D eigenvalue weighted by Gasteiger charge is 2.48. The lowest BCUT2D eigenvalue weighted by atomic mass is 9.74. The van der Waals surface area contributed by atoms with Crippen LogP contribution in [0.4, 0.5) is 0 Å². The Balaban J connectivity index is 1.18. The maximum absolute atomic E-state index is 12.9. The standard InChI is InChI=1S/C30H33ClN2O2S/c31-26-10-6-9-24(17-26)27-21-33(18-23-7-2-1-3-8-23)20-25(27)19-32-15-13-30(14-16-32)22-36(34,35)29-12-5-4-11-28(29)30/h1-12,17,25,27H,13-16,18-22H2. The van der Waals surface area contributed by atoms with Crippen molar-refractivity contribution in [2.24, 2.45) is 5.92 Å². The van der Waals surface area contributed by atoms with Gasteiger partial charge in [-0.25, -0.2) is 8.42 Å². The van der Waals surface area contributed by atoms with Crippen LogP contribution in [-0.2, 0) is 21.8 Å². The molecule has 6 rings (SSSR count). The van der Waals surface area contributed by atoms with Gasteiger partial charge in [-0.2, -0.15) is 0 Å². The number of sulfone groups is 1. The number of halogens is 1. The largest absolute Gasteiger partial charge is 0.303 e. The number of rotatable bonds is 5. The normalized spacial score (nSPS) is 25.2. The Bertz CT molecular complexity index is 1340. The SMILES string of the molecule is O=S1(=O)CC2(CCN(CC3CN(Cc4ccccc4)CC3c3cccc(Cl)c3)CC2)c2ccccc21. The number of hydrogen-bond donors (Lipinski definition) is 0. The fraction of sp³-hybridized carbons (Fsp3) is 0.400. The van der Waals surface area contributed by atoms with E-state index in [1.165, 1.54) is 11.1 Å². The topological polar surface area (TPSA) is 40.6 Å². The molecule has 4 nitrogen and oxygen atoms in total. The van der Waals surface area contributed by atoms with Gasteiger partial charge in [0, 0.05) is 42.5 Å².